The zero-order valence-electron chi connectivity index (χ0n) is 21.8. The molecule has 0 heterocycles. The summed E-state index contributed by atoms with van der Waals surface area (Å²) in [5.41, 5.74) is 0.204. The van der Waals surface area contributed by atoms with Gasteiger partial charge in [-0.3, -0.25) is 28.8 Å². The Morgan fingerprint density at radius 3 is 1.12 bits per heavy atom. The van der Waals surface area contributed by atoms with Crippen molar-refractivity contribution in [1.29, 1.82) is 0 Å². The number of esters is 4. The number of amides is 2. The third-order valence-corrected chi connectivity index (χ3v) is 5.55. The second-order valence-electron chi connectivity index (χ2n) is 8.15. The predicted octanol–water partition coefficient (Wildman–Crippen LogP) is 3.30. The Labute approximate surface area is 239 Å². The Hall–Kier alpha value is -4.16. The van der Waals surface area contributed by atoms with Crippen molar-refractivity contribution in [1.82, 2.24) is 0 Å². The second-order valence-corrected chi connectivity index (χ2v) is 8.96. The van der Waals surface area contributed by atoms with Gasteiger partial charge in [-0.25, -0.2) is 0 Å². The molecule has 0 spiro atoms. The first-order chi connectivity index (χ1) is 18.8. The third kappa shape index (κ3) is 9.54. The van der Waals surface area contributed by atoms with Gasteiger partial charge in [-0.05, 0) is 24.3 Å². The predicted molar refractivity (Wildman–Crippen MR) is 142 cm³/mol. The van der Waals surface area contributed by atoms with Gasteiger partial charge in [0.05, 0.1) is 21.4 Å². The fraction of sp³-hybridized carbons (Fsp3) is 0.308. The molecule has 0 aliphatic heterocycles. The molecule has 2 aromatic rings. The van der Waals surface area contributed by atoms with Gasteiger partial charge in [-0.2, -0.15) is 0 Å². The highest BCUT2D eigenvalue weighted by Crippen LogP contribution is 2.26. The van der Waals surface area contributed by atoms with Gasteiger partial charge in [-0.1, -0.05) is 47.5 Å². The minimum Gasteiger partial charge on any atom is -0.454 e. The van der Waals surface area contributed by atoms with Gasteiger partial charge in [0.2, 0.25) is 12.2 Å². The van der Waals surface area contributed by atoms with Crippen LogP contribution in [0.3, 0.4) is 0 Å². The first-order valence-corrected chi connectivity index (χ1v) is 12.3. The Morgan fingerprint density at radius 1 is 0.550 bits per heavy atom. The Bertz CT molecular complexity index is 1190. The molecule has 214 valence electrons. The monoisotopic (exact) mass is 596 g/mol. The number of hydrogen-bond donors (Lipinski definition) is 2. The number of anilines is 2. The molecule has 0 aromatic heterocycles. The van der Waals surface area contributed by atoms with Crippen molar-refractivity contribution in [3.8, 4) is 0 Å². The fourth-order valence-corrected chi connectivity index (χ4v) is 3.78. The Morgan fingerprint density at radius 2 is 0.850 bits per heavy atom. The quantitative estimate of drug-likeness (QED) is 0.290. The standard InChI is InChI=1S/C26H26Cl2N2O10/c1-13(31)37-21(23(39-15(3)33)25(35)29-19-11-7-5-9-17(19)27)22(38-14(2)32)24(40-16(4)34)26(36)30-20-12-8-6-10-18(20)28/h5-12,21-24H,1-4H3,(H,29,35)(H,30,36)/t21-,22-,23+,24+/m1/s1. The van der Waals surface area contributed by atoms with E-state index in [4.69, 9.17) is 42.1 Å². The van der Waals surface area contributed by atoms with Gasteiger partial charge in [-0.15, -0.1) is 0 Å². The number of nitrogens with one attached hydrogen (secondary N) is 2. The lowest BCUT2D eigenvalue weighted by Gasteiger charge is -2.34. The van der Waals surface area contributed by atoms with Crippen molar-refractivity contribution in [2.45, 2.75) is 52.1 Å². The zero-order valence-corrected chi connectivity index (χ0v) is 23.3. The summed E-state index contributed by atoms with van der Waals surface area (Å²) in [6.45, 7) is 3.85. The molecule has 0 bridgehead atoms. The van der Waals surface area contributed by atoms with Crippen LogP contribution in [0.5, 0.6) is 0 Å². The molecule has 0 radical (unpaired) electrons. The van der Waals surface area contributed by atoms with Gasteiger partial charge in [0.15, 0.2) is 12.2 Å². The maximum absolute atomic E-state index is 13.4. The largest absolute Gasteiger partial charge is 0.454 e. The molecule has 40 heavy (non-hydrogen) atoms. The van der Waals surface area contributed by atoms with Gasteiger partial charge in [0.1, 0.15) is 0 Å². The van der Waals surface area contributed by atoms with Crippen LogP contribution in [0.2, 0.25) is 10.0 Å². The normalized spacial score (nSPS) is 13.4. The van der Waals surface area contributed by atoms with Crippen molar-refractivity contribution in [3.05, 3.63) is 58.6 Å². The molecule has 0 saturated heterocycles. The van der Waals surface area contributed by atoms with Crippen molar-refractivity contribution in [2.24, 2.45) is 0 Å². The maximum Gasteiger partial charge on any atom is 0.303 e. The van der Waals surface area contributed by atoms with Crippen molar-refractivity contribution in [3.63, 3.8) is 0 Å². The van der Waals surface area contributed by atoms with Crippen LogP contribution in [-0.4, -0.2) is 60.1 Å². The average Bonchev–Trinajstić information content (AvgIpc) is 2.85. The van der Waals surface area contributed by atoms with Crippen molar-refractivity contribution >= 4 is 70.3 Å². The second kappa shape index (κ2) is 14.8. The lowest BCUT2D eigenvalue weighted by atomic mass is 10.00. The first-order valence-electron chi connectivity index (χ1n) is 11.6. The highest BCUT2D eigenvalue weighted by atomic mass is 35.5. The molecule has 12 nitrogen and oxygen atoms in total. The van der Waals surface area contributed by atoms with Crippen LogP contribution in [-0.2, 0) is 47.7 Å². The zero-order chi connectivity index (χ0) is 30.0. The molecule has 2 N–H and O–H groups in total. The molecule has 0 aliphatic carbocycles. The Kier molecular flexibility index (Phi) is 11.9. The third-order valence-electron chi connectivity index (χ3n) is 4.89. The number of rotatable bonds is 11. The lowest BCUT2D eigenvalue weighted by Crippen LogP contribution is -2.57. The number of hydrogen-bond acceptors (Lipinski definition) is 10. The topological polar surface area (TPSA) is 163 Å². The fourth-order valence-electron chi connectivity index (χ4n) is 3.42. The summed E-state index contributed by atoms with van der Waals surface area (Å²) in [6, 6.07) is 12.1. The molecule has 4 atom stereocenters. The van der Waals surface area contributed by atoms with E-state index >= 15 is 0 Å². The summed E-state index contributed by atoms with van der Waals surface area (Å²) in [5, 5.41) is 5.10. The van der Waals surface area contributed by atoms with Gasteiger partial charge in [0.25, 0.3) is 11.8 Å². The number of para-hydroxylation sites is 2. The van der Waals surface area contributed by atoms with Crippen molar-refractivity contribution < 1.29 is 47.7 Å². The van der Waals surface area contributed by atoms with E-state index in [2.05, 4.69) is 10.6 Å². The minimum absolute atomic E-state index is 0.102. The number of carbonyl (C=O) groups excluding carboxylic acids is 6. The molecule has 2 amide bonds. The van der Waals surface area contributed by atoms with Crippen LogP contribution in [0.1, 0.15) is 27.7 Å². The maximum atomic E-state index is 13.4. The van der Waals surface area contributed by atoms with E-state index in [9.17, 15) is 28.8 Å². The molecule has 2 aromatic carbocycles. The van der Waals surface area contributed by atoms with E-state index in [0.29, 0.717) is 0 Å². The van der Waals surface area contributed by atoms with Crippen LogP contribution in [0.25, 0.3) is 0 Å². The molecule has 0 saturated carbocycles. The van der Waals surface area contributed by atoms with E-state index in [0.717, 1.165) is 27.7 Å². The molecule has 0 aliphatic rings. The minimum atomic E-state index is -2.02. The SMILES string of the molecule is CC(=O)O[C@H]([C@@H](OC(C)=O)[C@H](OC(C)=O)C(=O)Nc1ccccc1Cl)[C@H](OC(C)=O)C(=O)Nc1ccccc1Cl. The summed E-state index contributed by atoms with van der Waals surface area (Å²) in [4.78, 5) is 75.0. The van der Waals surface area contributed by atoms with Crippen LogP contribution in [0.15, 0.2) is 48.5 Å². The van der Waals surface area contributed by atoms with E-state index in [1.807, 2.05) is 0 Å². The van der Waals surface area contributed by atoms with Crippen LogP contribution >= 0.6 is 23.2 Å². The molecule has 2 rings (SSSR count). The van der Waals surface area contributed by atoms with E-state index in [1.165, 1.54) is 24.3 Å². The van der Waals surface area contributed by atoms with Gasteiger partial charge >= 0.3 is 23.9 Å². The summed E-state index contributed by atoms with van der Waals surface area (Å²) >= 11 is 12.2. The first kappa shape index (κ1) is 32.1. The molecular formula is C26H26Cl2N2O10. The smallest absolute Gasteiger partial charge is 0.303 e. The van der Waals surface area contributed by atoms with Gasteiger partial charge < -0.3 is 29.6 Å². The van der Waals surface area contributed by atoms with E-state index in [1.54, 1.807) is 24.3 Å². The number of ether oxygens (including phenoxy) is 4. The van der Waals surface area contributed by atoms with Crippen molar-refractivity contribution in [2.75, 3.05) is 10.6 Å². The number of benzene rings is 2. The van der Waals surface area contributed by atoms with E-state index in [-0.39, 0.29) is 21.4 Å². The molecular weight excluding hydrogens is 571 g/mol. The highest BCUT2D eigenvalue weighted by Gasteiger charge is 2.49. The number of halogens is 2. The molecule has 0 unspecified atom stereocenters. The average molecular weight is 597 g/mol. The molecule has 0 fully saturated rings. The number of carbonyl (C=O) groups is 6. The van der Waals surface area contributed by atoms with Crippen LogP contribution in [0.4, 0.5) is 11.4 Å². The van der Waals surface area contributed by atoms with Crippen LogP contribution < -0.4 is 10.6 Å². The Balaban J connectivity index is 2.62. The lowest BCUT2D eigenvalue weighted by molar-refractivity contribution is -0.198. The summed E-state index contributed by atoms with van der Waals surface area (Å²) in [5.74, 6) is -6.17. The summed E-state index contributed by atoms with van der Waals surface area (Å²) in [6.07, 6.45) is -8.02. The molecule has 14 heteroatoms. The highest BCUT2D eigenvalue weighted by molar-refractivity contribution is 6.34. The summed E-state index contributed by atoms with van der Waals surface area (Å²) in [7, 11) is 0. The summed E-state index contributed by atoms with van der Waals surface area (Å²) < 4.78 is 20.9. The van der Waals surface area contributed by atoms with Gasteiger partial charge in [0, 0.05) is 27.7 Å². The van der Waals surface area contributed by atoms with Crippen LogP contribution in [0, 0.1) is 0 Å². The van der Waals surface area contributed by atoms with E-state index < -0.39 is 60.1 Å².